The standard InChI is InChI=1S/C16H18N2O6/c1-9(19)18-7-11(8-18)14(20)17-13-6-10(15(21)23-2)4-5-12(13)16(22)24-3/h4-6,11H,7-8H2,1-3H3,(H,17,20). The smallest absolute Gasteiger partial charge is 0.339 e. The number of ether oxygens (including phenoxy) is 2. The largest absolute Gasteiger partial charge is 0.465 e. The van der Waals surface area contributed by atoms with Gasteiger partial charge in [-0.1, -0.05) is 0 Å². The molecule has 0 unspecified atom stereocenters. The van der Waals surface area contributed by atoms with Gasteiger partial charge in [0.1, 0.15) is 0 Å². The van der Waals surface area contributed by atoms with Crippen LogP contribution in [-0.4, -0.2) is 56.0 Å². The van der Waals surface area contributed by atoms with E-state index in [9.17, 15) is 19.2 Å². The molecule has 1 aliphatic heterocycles. The molecule has 0 saturated carbocycles. The number of carbonyl (C=O) groups excluding carboxylic acids is 4. The zero-order valence-corrected chi connectivity index (χ0v) is 13.6. The highest BCUT2D eigenvalue weighted by Gasteiger charge is 2.34. The molecular weight excluding hydrogens is 316 g/mol. The summed E-state index contributed by atoms with van der Waals surface area (Å²) in [5.74, 6) is -2.02. The molecular formula is C16H18N2O6. The summed E-state index contributed by atoms with van der Waals surface area (Å²) in [5, 5.41) is 2.62. The topological polar surface area (TPSA) is 102 Å². The number of esters is 2. The highest BCUT2D eigenvalue weighted by Crippen LogP contribution is 2.23. The Balaban J connectivity index is 2.20. The van der Waals surface area contributed by atoms with Crippen LogP contribution in [0.2, 0.25) is 0 Å². The van der Waals surface area contributed by atoms with E-state index >= 15 is 0 Å². The minimum Gasteiger partial charge on any atom is -0.465 e. The van der Waals surface area contributed by atoms with Crippen LogP contribution < -0.4 is 5.32 Å². The third-order valence-electron chi connectivity index (χ3n) is 3.80. The molecule has 0 radical (unpaired) electrons. The second-order valence-corrected chi connectivity index (χ2v) is 5.35. The quantitative estimate of drug-likeness (QED) is 0.812. The molecule has 1 aromatic rings. The minimum atomic E-state index is -0.638. The van der Waals surface area contributed by atoms with E-state index in [0.717, 1.165) is 0 Å². The minimum absolute atomic E-state index is 0.0954. The number of nitrogens with one attached hydrogen (secondary N) is 1. The first-order chi connectivity index (χ1) is 11.4. The first-order valence-electron chi connectivity index (χ1n) is 7.24. The number of methoxy groups -OCH3 is 2. The molecule has 1 fully saturated rings. The fourth-order valence-corrected chi connectivity index (χ4v) is 2.32. The van der Waals surface area contributed by atoms with Crippen LogP contribution in [0.25, 0.3) is 0 Å². The van der Waals surface area contributed by atoms with Gasteiger partial charge in [0.2, 0.25) is 11.8 Å². The number of benzene rings is 1. The SMILES string of the molecule is COC(=O)c1ccc(C(=O)OC)c(NC(=O)C2CN(C(C)=O)C2)c1. The monoisotopic (exact) mass is 334 g/mol. The molecule has 1 saturated heterocycles. The summed E-state index contributed by atoms with van der Waals surface area (Å²) in [5.41, 5.74) is 0.483. The van der Waals surface area contributed by atoms with E-state index in [1.807, 2.05) is 0 Å². The maximum absolute atomic E-state index is 12.3. The van der Waals surface area contributed by atoms with E-state index in [-0.39, 0.29) is 34.5 Å². The predicted molar refractivity (Wildman–Crippen MR) is 83.5 cm³/mol. The number of carbonyl (C=O) groups is 4. The number of hydrogen-bond acceptors (Lipinski definition) is 6. The highest BCUT2D eigenvalue weighted by atomic mass is 16.5. The number of anilines is 1. The van der Waals surface area contributed by atoms with E-state index in [1.54, 1.807) is 0 Å². The molecule has 128 valence electrons. The van der Waals surface area contributed by atoms with Crippen LogP contribution in [0.3, 0.4) is 0 Å². The number of hydrogen-bond donors (Lipinski definition) is 1. The summed E-state index contributed by atoms with van der Waals surface area (Å²) in [6.07, 6.45) is 0. The lowest BCUT2D eigenvalue weighted by molar-refractivity contribution is -0.139. The third-order valence-corrected chi connectivity index (χ3v) is 3.80. The molecule has 8 heteroatoms. The zero-order valence-electron chi connectivity index (χ0n) is 13.6. The second kappa shape index (κ2) is 7.12. The Bertz CT molecular complexity index is 694. The average Bonchev–Trinajstić information content (AvgIpc) is 2.51. The van der Waals surface area contributed by atoms with E-state index in [1.165, 1.54) is 44.2 Å². The molecule has 0 spiro atoms. The number of nitrogens with zero attached hydrogens (tertiary/aromatic N) is 1. The molecule has 0 aliphatic carbocycles. The summed E-state index contributed by atoms with van der Waals surface area (Å²) in [6.45, 7) is 2.08. The maximum Gasteiger partial charge on any atom is 0.339 e. The van der Waals surface area contributed by atoms with Crippen molar-refractivity contribution in [2.24, 2.45) is 5.92 Å². The first kappa shape index (κ1) is 17.5. The van der Waals surface area contributed by atoms with Gasteiger partial charge in [-0.3, -0.25) is 9.59 Å². The van der Waals surface area contributed by atoms with Crippen molar-refractivity contribution in [3.63, 3.8) is 0 Å². The van der Waals surface area contributed by atoms with Gasteiger partial charge in [0.05, 0.1) is 37.0 Å². The van der Waals surface area contributed by atoms with Crippen molar-refractivity contribution in [1.82, 2.24) is 4.90 Å². The van der Waals surface area contributed by atoms with E-state index < -0.39 is 11.9 Å². The van der Waals surface area contributed by atoms with Crippen LogP contribution in [0.15, 0.2) is 18.2 Å². The van der Waals surface area contributed by atoms with Gasteiger partial charge in [0, 0.05) is 20.0 Å². The van der Waals surface area contributed by atoms with Crippen molar-refractivity contribution in [2.75, 3.05) is 32.6 Å². The number of amides is 2. The normalized spacial score (nSPS) is 13.7. The molecule has 0 atom stereocenters. The second-order valence-electron chi connectivity index (χ2n) is 5.35. The summed E-state index contributed by atoms with van der Waals surface area (Å²) >= 11 is 0. The Morgan fingerprint density at radius 1 is 1.08 bits per heavy atom. The molecule has 2 rings (SSSR count). The van der Waals surface area contributed by atoms with Gasteiger partial charge >= 0.3 is 11.9 Å². The van der Waals surface area contributed by atoms with Crippen molar-refractivity contribution in [2.45, 2.75) is 6.92 Å². The van der Waals surface area contributed by atoms with Crippen LogP contribution >= 0.6 is 0 Å². The Morgan fingerprint density at radius 2 is 1.71 bits per heavy atom. The lowest BCUT2D eigenvalue weighted by Crippen LogP contribution is -2.53. The van der Waals surface area contributed by atoms with E-state index in [2.05, 4.69) is 14.8 Å². The van der Waals surface area contributed by atoms with Crippen LogP contribution in [0.4, 0.5) is 5.69 Å². The van der Waals surface area contributed by atoms with Gasteiger partial charge in [-0.05, 0) is 18.2 Å². The highest BCUT2D eigenvalue weighted by molar-refractivity contribution is 6.04. The summed E-state index contributed by atoms with van der Waals surface area (Å²) in [6, 6.07) is 4.16. The predicted octanol–water partition coefficient (Wildman–Crippen LogP) is 0.677. The fourth-order valence-electron chi connectivity index (χ4n) is 2.32. The van der Waals surface area contributed by atoms with E-state index in [0.29, 0.717) is 13.1 Å². The van der Waals surface area contributed by atoms with Crippen molar-refractivity contribution in [3.05, 3.63) is 29.3 Å². The summed E-state index contributed by atoms with van der Waals surface area (Å²) in [4.78, 5) is 48.4. The molecule has 8 nitrogen and oxygen atoms in total. The number of likely N-dealkylation sites (tertiary alicyclic amines) is 1. The Labute approximate surface area is 138 Å². The van der Waals surface area contributed by atoms with Crippen LogP contribution in [0.1, 0.15) is 27.6 Å². The van der Waals surface area contributed by atoms with Crippen molar-refractivity contribution in [3.8, 4) is 0 Å². The lowest BCUT2D eigenvalue weighted by atomic mass is 9.98. The van der Waals surface area contributed by atoms with Gasteiger partial charge < -0.3 is 19.7 Å². The zero-order chi connectivity index (χ0) is 17.9. The van der Waals surface area contributed by atoms with Crippen molar-refractivity contribution in [1.29, 1.82) is 0 Å². The van der Waals surface area contributed by atoms with Gasteiger partial charge in [0.25, 0.3) is 0 Å². The summed E-state index contributed by atoms with van der Waals surface area (Å²) < 4.78 is 9.31. The molecule has 1 N–H and O–H groups in total. The lowest BCUT2D eigenvalue weighted by Gasteiger charge is -2.37. The van der Waals surface area contributed by atoms with Crippen LogP contribution in [-0.2, 0) is 19.1 Å². The molecule has 2 amide bonds. The maximum atomic E-state index is 12.3. The fraction of sp³-hybridized carbons (Fsp3) is 0.375. The van der Waals surface area contributed by atoms with Gasteiger partial charge in [-0.15, -0.1) is 0 Å². The Hall–Kier alpha value is -2.90. The summed E-state index contributed by atoms with van der Waals surface area (Å²) in [7, 11) is 2.46. The van der Waals surface area contributed by atoms with Gasteiger partial charge in [-0.2, -0.15) is 0 Å². The Morgan fingerprint density at radius 3 is 2.25 bits per heavy atom. The molecule has 24 heavy (non-hydrogen) atoms. The molecule has 0 bridgehead atoms. The average molecular weight is 334 g/mol. The molecule has 0 aromatic heterocycles. The van der Waals surface area contributed by atoms with Crippen LogP contribution in [0.5, 0.6) is 0 Å². The molecule has 1 heterocycles. The van der Waals surface area contributed by atoms with E-state index in [4.69, 9.17) is 0 Å². The molecule has 1 aromatic carbocycles. The third kappa shape index (κ3) is 3.53. The van der Waals surface area contributed by atoms with Gasteiger partial charge in [0.15, 0.2) is 0 Å². The first-order valence-corrected chi connectivity index (χ1v) is 7.24. The van der Waals surface area contributed by atoms with Crippen LogP contribution in [0, 0.1) is 5.92 Å². The van der Waals surface area contributed by atoms with Gasteiger partial charge in [-0.25, -0.2) is 9.59 Å². The Kier molecular flexibility index (Phi) is 5.18. The molecule has 1 aliphatic rings. The number of rotatable bonds is 4. The van der Waals surface area contributed by atoms with Crippen molar-refractivity contribution < 1.29 is 28.7 Å². The van der Waals surface area contributed by atoms with Crippen molar-refractivity contribution >= 4 is 29.4 Å².